The highest BCUT2D eigenvalue weighted by molar-refractivity contribution is 7.91. The number of ether oxygens (including phenoxy) is 1. The Balaban J connectivity index is 2.79. The van der Waals surface area contributed by atoms with E-state index in [9.17, 15) is 17.6 Å². The SMILES string of the molecule is CCOC(=O)c1cc(F)c2c(c1C)/C(=N/OC)CCS2(=O)=O. The molecule has 0 atom stereocenters. The maximum Gasteiger partial charge on any atom is 0.338 e. The molecule has 0 radical (unpaired) electrons. The van der Waals surface area contributed by atoms with Crippen molar-refractivity contribution in [2.75, 3.05) is 19.5 Å². The first kappa shape index (κ1) is 16.4. The smallest absolute Gasteiger partial charge is 0.338 e. The highest BCUT2D eigenvalue weighted by Crippen LogP contribution is 2.33. The van der Waals surface area contributed by atoms with E-state index >= 15 is 0 Å². The van der Waals surface area contributed by atoms with Crippen LogP contribution in [-0.2, 0) is 19.4 Å². The molecule has 0 N–H and O–H groups in total. The summed E-state index contributed by atoms with van der Waals surface area (Å²) in [5, 5.41) is 3.77. The third-order valence-corrected chi connectivity index (χ3v) is 5.16. The second kappa shape index (κ2) is 6.04. The maximum absolute atomic E-state index is 14.3. The average molecular weight is 329 g/mol. The Morgan fingerprint density at radius 1 is 1.45 bits per heavy atom. The Hall–Kier alpha value is -1.96. The molecule has 6 nitrogen and oxygen atoms in total. The number of carbonyl (C=O) groups excluding carboxylic acids is 1. The number of sulfone groups is 1. The number of halogens is 1. The quantitative estimate of drug-likeness (QED) is 0.624. The van der Waals surface area contributed by atoms with Gasteiger partial charge in [-0.3, -0.25) is 0 Å². The molecule has 1 aliphatic heterocycles. The second-order valence-electron chi connectivity index (χ2n) is 4.74. The van der Waals surface area contributed by atoms with Gasteiger partial charge in [0.2, 0.25) is 0 Å². The molecule has 0 fully saturated rings. The molecule has 2 rings (SSSR count). The summed E-state index contributed by atoms with van der Waals surface area (Å²) in [4.78, 5) is 16.2. The third kappa shape index (κ3) is 2.70. The minimum atomic E-state index is -3.76. The zero-order valence-corrected chi connectivity index (χ0v) is 13.3. The standard InChI is InChI=1S/C14H16FNO5S/c1-4-21-14(17)9-7-10(15)13-12(8(9)2)11(16-20-3)5-6-22(13,18)19/h7H,4-6H2,1-3H3/b16-11+. The number of fused-ring (bicyclic) bond motifs is 1. The van der Waals surface area contributed by atoms with Crippen molar-refractivity contribution in [1.29, 1.82) is 0 Å². The summed E-state index contributed by atoms with van der Waals surface area (Å²) in [6.45, 7) is 3.30. The molecule has 0 unspecified atom stereocenters. The van der Waals surface area contributed by atoms with Crippen LogP contribution in [0.2, 0.25) is 0 Å². The lowest BCUT2D eigenvalue weighted by atomic mass is 9.96. The van der Waals surface area contributed by atoms with Crippen LogP contribution in [0, 0.1) is 12.7 Å². The van der Waals surface area contributed by atoms with Crippen molar-refractivity contribution < 1.29 is 27.2 Å². The largest absolute Gasteiger partial charge is 0.462 e. The van der Waals surface area contributed by atoms with Crippen molar-refractivity contribution in [3.05, 3.63) is 28.6 Å². The number of rotatable bonds is 3. The Kier molecular flexibility index (Phi) is 4.50. The number of carbonyl (C=O) groups is 1. The monoisotopic (exact) mass is 329 g/mol. The fraction of sp³-hybridized carbons (Fsp3) is 0.429. The molecular weight excluding hydrogens is 313 g/mol. The fourth-order valence-electron chi connectivity index (χ4n) is 2.46. The van der Waals surface area contributed by atoms with Gasteiger partial charge >= 0.3 is 5.97 Å². The van der Waals surface area contributed by atoms with E-state index in [4.69, 9.17) is 9.57 Å². The summed E-state index contributed by atoms with van der Waals surface area (Å²) in [5.74, 6) is -1.94. The number of benzene rings is 1. The van der Waals surface area contributed by atoms with E-state index in [2.05, 4.69) is 5.16 Å². The van der Waals surface area contributed by atoms with Gasteiger partial charge in [0, 0.05) is 12.0 Å². The van der Waals surface area contributed by atoms with Gasteiger partial charge in [0.1, 0.15) is 17.8 Å². The van der Waals surface area contributed by atoms with Gasteiger partial charge in [-0.15, -0.1) is 0 Å². The Morgan fingerprint density at radius 3 is 2.73 bits per heavy atom. The molecule has 120 valence electrons. The van der Waals surface area contributed by atoms with Crippen molar-refractivity contribution >= 4 is 21.5 Å². The summed E-state index contributed by atoms with van der Waals surface area (Å²) >= 11 is 0. The summed E-state index contributed by atoms with van der Waals surface area (Å²) in [6.07, 6.45) is 0.0930. The van der Waals surface area contributed by atoms with E-state index in [1.165, 1.54) is 14.0 Å². The van der Waals surface area contributed by atoms with Crippen molar-refractivity contribution in [3.63, 3.8) is 0 Å². The molecular formula is C14H16FNO5S. The van der Waals surface area contributed by atoms with E-state index < -0.39 is 26.5 Å². The van der Waals surface area contributed by atoms with Gasteiger partial charge in [-0.1, -0.05) is 5.16 Å². The zero-order valence-electron chi connectivity index (χ0n) is 12.5. The lowest BCUT2D eigenvalue weighted by Gasteiger charge is -2.22. The molecule has 0 saturated carbocycles. The molecule has 0 bridgehead atoms. The minimum absolute atomic E-state index is 0.0148. The number of esters is 1. The Bertz CT molecular complexity index is 755. The molecule has 1 heterocycles. The predicted octanol–water partition coefficient (Wildman–Crippen LogP) is 1.84. The summed E-state index contributed by atoms with van der Waals surface area (Å²) in [5.41, 5.74) is 0.693. The maximum atomic E-state index is 14.3. The van der Waals surface area contributed by atoms with Crippen LogP contribution in [0.5, 0.6) is 0 Å². The van der Waals surface area contributed by atoms with Crippen LogP contribution >= 0.6 is 0 Å². The summed E-state index contributed by atoms with van der Waals surface area (Å²) in [6, 6.07) is 0.902. The number of oxime groups is 1. The van der Waals surface area contributed by atoms with Gasteiger partial charge in [-0.2, -0.15) is 0 Å². The third-order valence-electron chi connectivity index (χ3n) is 3.40. The van der Waals surface area contributed by atoms with Crippen LogP contribution in [0.25, 0.3) is 0 Å². The van der Waals surface area contributed by atoms with Gasteiger partial charge < -0.3 is 9.57 Å². The highest BCUT2D eigenvalue weighted by Gasteiger charge is 2.35. The first-order valence-electron chi connectivity index (χ1n) is 6.66. The van der Waals surface area contributed by atoms with Gasteiger partial charge in [-0.05, 0) is 25.5 Å². The normalized spacial score (nSPS) is 17.9. The fourth-order valence-corrected chi connectivity index (χ4v) is 4.06. The van der Waals surface area contributed by atoms with Crippen molar-refractivity contribution in [1.82, 2.24) is 0 Å². The highest BCUT2D eigenvalue weighted by atomic mass is 32.2. The molecule has 0 amide bonds. The van der Waals surface area contributed by atoms with Crippen molar-refractivity contribution in [2.24, 2.45) is 5.16 Å². The topological polar surface area (TPSA) is 82.0 Å². The van der Waals surface area contributed by atoms with Crippen LogP contribution in [0.15, 0.2) is 16.1 Å². The molecule has 0 aliphatic carbocycles. The molecule has 0 spiro atoms. The Morgan fingerprint density at radius 2 is 2.14 bits per heavy atom. The van der Waals surface area contributed by atoms with Crippen LogP contribution in [-0.4, -0.2) is 39.6 Å². The van der Waals surface area contributed by atoms with Gasteiger partial charge in [0.25, 0.3) is 0 Å². The molecule has 0 saturated heterocycles. The van der Waals surface area contributed by atoms with E-state index in [1.807, 2.05) is 0 Å². The van der Waals surface area contributed by atoms with E-state index in [0.29, 0.717) is 11.3 Å². The van der Waals surface area contributed by atoms with Crippen LogP contribution in [0.1, 0.15) is 34.8 Å². The number of nitrogens with zero attached hydrogens (tertiary/aromatic N) is 1. The van der Waals surface area contributed by atoms with Crippen LogP contribution in [0.3, 0.4) is 0 Å². The van der Waals surface area contributed by atoms with E-state index in [0.717, 1.165) is 6.07 Å². The molecule has 22 heavy (non-hydrogen) atoms. The second-order valence-corrected chi connectivity index (χ2v) is 6.79. The van der Waals surface area contributed by atoms with E-state index in [1.54, 1.807) is 6.92 Å². The van der Waals surface area contributed by atoms with Crippen molar-refractivity contribution in [3.8, 4) is 0 Å². The Labute approximate surface area is 127 Å². The van der Waals surface area contributed by atoms with Gasteiger partial charge in [0.15, 0.2) is 9.84 Å². The summed E-state index contributed by atoms with van der Waals surface area (Å²) < 4.78 is 43.5. The molecule has 1 aliphatic rings. The molecule has 8 heteroatoms. The van der Waals surface area contributed by atoms with Crippen LogP contribution in [0.4, 0.5) is 4.39 Å². The lowest BCUT2D eigenvalue weighted by Crippen LogP contribution is -2.26. The lowest BCUT2D eigenvalue weighted by molar-refractivity contribution is 0.0524. The van der Waals surface area contributed by atoms with Gasteiger partial charge in [0.05, 0.1) is 23.6 Å². The number of hydrogen-bond donors (Lipinski definition) is 0. The first-order chi connectivity index (χ1) is 10.3. The van der Waals surface area contributed by atoms with Crippen molar-refractivity contribution in [2.45, 2.75) is 25.2 Å². The molecule has 1 aromatic rings. The van der Waals surface area contributed by atoms with E-state index in [-0.39, 0.29) is 29.9 Å². The minimum Gasteiger partial charge on any atom is -0.462 e. The average Bonchev–Trinajstić information content (AvgIpc) is 2.44. The summed E-state index contributed by atoms with van der Waals surface area (Å²) in [7, 11) is -2.45. The van der Waals surface area contributed by atoms with Gasteiger partial charge in [-0.25, -0.2) is 17.6 Å². The first-order valence-corrected chi connectivity index (χ1v) is 8.32. The predicted molar refractivity (Wildman–Crippen MR) is 77.3 cm³/mol. The molecule has 1 aromatic carbocycles. The van der Waals surface area contributed by atoms with Crippen LogP contribution < -0.4 is 0 Å². The number of hydrogen-bond acceptors (Lipinski definition) is 6. The molecule has 0 aromatic heterocycles. The zero-order chi connectivity index (χ0) is 16.5.